The highest BCUT2D eigenvalue weighted by Gasteiger charge is 2.27. The number of carbonyl (C=O) groups excluding carboxylic acids is 1. The van der Waals surface area contributed by atoms with Gasteiger partial charge in [-0.05, 0) is 36.7 Å². The number of carbonyl (C=O) groups is 1. The Morgan fingerprint density at radius 1 is 1.30 bits per heavy atom. The summed E-state index contributed by atoms with van der Waals surface area (Å²) in [5.74, 6) is 1.91. The summed E-state index contributed by atoms with van der Waals surface area (Å²) in [7, 11) is 1.70. The fourth-order valence-electron chi connectivity index (χ4n) is 3.06. The Hall–Kier alpha value is -2.40. The average Bonchev–Trinajstić information content (AvgIpc) is 3.03. The molecule has 2 aromatic rings. The number of anilines is 1. The first-order valence-corrected chi connectivity index (χ1v) is 7.82. The van der Waals surface area contributed by atoms with Crippen molar-refractivity contribution in [3.05, 3.63) is 54.2 Å². The summed E-state index contributed by atoms with van der Waals surface area (Å²) < 4.78 is 5.45. The number of likely N-dealkylation sites (tertiary alicyclic amines) is 1. The predicted molar refractivity (Wildman–Crippen MR) is 89.7 cm³/mol. The molecule has 1 aromatic carbocycles. The number of aromatic nitrogens is 1. The van der Waals surface area contributed by atoms with Crippen LogP contribution in [0.15, 0.2) is 48.7 Å². The molecule has 23 heavy (non-hydrogen) atoms. The molecular formula is C18H21N3O2. The Morgan fingerprint density at radius 3 is 2.91 bits per heavy atom. The average molecular weight is 311 g/mol. The van der Waals surface area contributed by atoms with E-state index in [4.69, 9.17) is 4.74 Å². The van der Waals surface area contributed by atoms with E-state index in [1.807, 2.05) is 30.3 Å². The van der Waals surface area contributed by atoms with E-state index in [1.54, 1.807) is 19.4 Å². The van der Waals surface area contributed by atoms with Crippen molar-refractivity contribution in [3.63, 3.8) is 0 Å². The molecule has 1 N–H and O–H groups in total. The van der Waals surface area contributed by atoms with Gasteiger partial charge in [-0.3, -0.25) is 9.69 Å². The Kier molecular flexibility index (Phi) is 4.88. The third-order valence-corrected chi connectivity index (χ3v) is 4.15. The number of hydrogen-bond acceptors (Lipinski definition) is 4. The highest BCUT2D eigenvalue weighted by atomic mass is 16.5. The van der Waals surface area contributed by atoms with Crippen LogP contribution in [0.2, 0.25) is 0 Å². The predicted octanol–water partition coefficient (Wildman–Crippen LogP) is 2.52. The van der Waals surface area contributed by atoms with Gasteiger partial charge in [-0.2, -0.15) is 0 Å². The standard InChI is InChI=1S/C18H21N3O2/c1-23-16-7-3-2-6-15(16)14-9-11-21(12-14)13-18(22)20-17-8-4-5-10-19-17/h2-8,10,14H,9,11-13H2,1H3,(H,19,20,22). The zero-order valence-electron chi connectivity index (χ0n) is 13.2. The maximum Gasteiger partial charge on any atom is 0.239 e. The first-order valence-electron chi connectivity index (χ1n) is 7.82. The van der Waals surface area contributed by atoms with Crippen LogP contribution in [0, 0.1) is 0 Å². The van der Waals surface area contributed by atoms with Gasteiger partial charge in [-0.15, -0.1) is 0 Å². The number of amides is 1. The van der Waals surface area contributed by atoms with Crippen LogP contribution in [0.5, 0.6) is 5.75 Å². The van der Waals surface area contributed by atoms with Crippen molar-refractivity contribution in [2.45, 2.75) is 12.3 Å². The van der Waals surface area contributed by atoms with E-state index in [0.717, 1.165) is 25.3 Å². The van der Waals surface area contributed by atoms with Crippen LogP contribution in [0.25, 0.3) is 0 Å². The largest absolute Gasteiger partial charge is 0.496 e. The lowest BCUT2D eigenvalue weighted by molar-refractivity contribution is -0.117. The number of ether oxygens (including phenoxy) is 1. The maximum atomic E-state index is 12.1. The molecule has 1 atom stereocenters. The van der Waals surface area contributed by atoms with Crippen molar-refractivity contribution < 1.29 is 9.53 Å². The van der Waals surface area contributed by atoms with Crippen LogP contribution in [-0.4, -0.2) is 42.5 Å². The highest BCUT2D eigenvalue weighted by Crippen LogP contribution is 2.33. The molecule has 2 heterocycles. The maximum absolute atomic E-state index is 12.1. The number of benzene rings is 1. The molecule has 1 amide bonds. The van der Waals surface area contributed by atoms with Gasteiger partial charge >= 0.3 is 0 Å². The number of rotatable bonds is 5. The van der Waals surface area contributed by atoms with Gasteiger partial charge in [0.05, 0.1) is 13.7 Å². The van der Waals surface area contributed by atoms with Gasteiger partial charge < -0.3 is 10.1 Å². The quantitative estimate of drug-likeness (QED) is 0.922. The molecule has 0 aliphatic carbocycles. The molecule has 0 saturated carbocycles. The van der Waals surface area contributed by atoms with E-state index < -0.39 is 0 Å². The summed E-state index contributed by atoms with van der Waals surface area (Å²) >= 11 is 0. The second-order valence-electron chi connectivity index (χ2n) is 5.73. The number of nitrogens with zero attached hydrogens (tertiary/aromatic N) is 2. The van der Waals surface area contributed by atoms with Crippen molar-refractivity contribution >= 4 is 11.7 Å². The Bertz CT molecular complexity index is 660. The normalized spacial score (nSPS) is 17.9. The van der Waals surface area contributed by atoms with Gasteiger partial charge in [-0.25, -0.2) is 4.98 Å². The number of nitrogens with one attached hydrogen (secondary N) is 1. The fourth-order valence-corrected chi connectivity index (χ4v) is 3.06. The van der Waals surface area contributed by atoms with Crippen molar-refractivity contribution in [1.82, 2.24) is 9.88 Å². The fraction of sp³-hybridized carbons (Fsp3) is 0.333. The van der Waals surface area contributed by atoms with Gasteiger partial charge in [0.15, 0.2) is 0 Å². The summed E-state index contributed by atoms with van der Waals surface area (Å²) in [5.41, 5.74) is 1.22. The molecule has 120 valence electrons. The summed E-state index contributed by atoms with van der Waals surface area (Å²) in [6.07, 6.45) is 2.71. The van der Waals surface area contributed by atoms with Crippen LogP contribution in [0.4, 0.5) is 5.82 Å². The Balaban J connectivity index is 1.56. The summed E-state index contributed by atoms with van der Waals surface area (Å²) in [4.78, 5) is 18.4. The van der Waals surface area contributed by atoms with Crippen LogP contribution in [-0.2, 0) is 4.79 Å². The van der Waals surface area contributed by atoms with Gasteiger partial charge in [-0.1, -0.05) is 24.3 Å². The molecule has 1 aliphatic heterocycles. The number of para-hydroxylation sites is 1. The number of methoxy groups -OCH3 is 1. The van der Waals surface area contributed by atoms with E-state index >= 15 is 0 Å². The molecule has 0 radical (unpaired) electrons. The molecule has 0 spiro atoms. The highest BCUT2D eigenvalue weighted by molar-refractivity contribution is 5.91. The molecule has 1 aromatic heterocycles. The smallest absolute Gasteiger partial charge is 0.239 e. The first-order chi connectivity index (χ1) is 11.3. The van der Waals surface area contributed by atoms with Gasteiger partial charge in [0.25, 0.3) is 0 Å². The van der Waals surface area contributed by atoms with E-state index in [9.17, 15) is 4.79 Å². The van der Waals surface area contributed by atoms with E-state index in [2.05, 4.69) is 21.3 Å². The lowest BCUT2D eigenvalue weighted by Gasteiger charge is -2.17. The molecular weight excluding hydrogens is 290 g/mol. The monoisotopic (exact) mass is 311 g/mol. The Morgan fingerprint density at radius 2 is 2.13 bits per heavy atom. The SMILES string of the molecule is COc1ccccc1C1CCN(CC(=O)Nc2ccccn2)C1. The van der Waals surface area contributed by atoms with E-state index in [-0.39, 0.29) is 5.91 Å². The van der Waals surface area contributed by atoms with Crippen LogP contribution < -0.4 is 10.1 Å². The van der Waals surface area contributed by atoms with Crippen LogP contribution in [0.3, 0.4) is 0 Å². The van der Waals surface area contributed by atoms with Crippen molar-refractivity contribution in [3.8, 4) is 5.75 Å². The summed E-state index contributed by atoms with van der Waals surface area (Å²) in [6, 6.07) is 13.6. The van der Waals surface area contributed by atoms with Gasteiger partial charge in [0.1, 0.15) is 11.6 Å². The lowest BCUT2D eigenvalue weighted by atomic mass is 9.97. The third kappa shape index (κ3) is 3.87. The van der Waals surface area contributed by atoms with Crippen LogP contribution >= 0.6 is 0 Å². The van der Waals surface area contributed by atoms with Crippen LogP contribution in [0.1, 0.15) is 17.9 Å². The minimum atomic E-state index is -0.0237. The van der Waals surface area contributed by atoms with Crippen molar-refractivity contribution in [2.24, 2.45) is 0 Å². The summed E-state index contributed by atoms with van der Waals surface area (Å²) in [5, 5.41) is 2.83. The Labute approximate surface area is 136 Å². The third-order valence-electron chi connectivity index (χ3n) is 4.15. The molecule has 5 heteroatoms. The molecule has 5 nitrogen and oxygen atoms in total. The molecule has 1 aliphatic rings. The minimum absolute atomic E-state index is 0.0237. The van der Waals surface area contributed by atoms with E-state index in [1.165, 1.54) is 5.56 Å². The molecule has 0 bridgehead atoms. The van der Waals surface area contributed by atoms with E-state index in [0.29, 0.717) is 18.3 Å². The van der Waals surface area contributed by atoms with Gasteiger partial charge in [0.2, 0.25) is 5.91 Å². The summed E-state index contributed by atoms with van der Waals surface area (Å²) in [6.45, 7) is 2.18. The molecule has 1 fully saturated rings. The molecule has 1 unspecified atom stereocenters. The van der Waals surface area contributed by atoms with Gasteiger partial charge in [0, 0.05) is 18.7 Å². The number of pyridine rings is 1. The molecule has 1 saturated heterocycles. The number of hydrogen-bond donors (Lipinski definition) is 1. The minimum Gasteiger partial charge on any atom is -0.496 e. The zero-order chi connectivity index (χ0) is 16.1. The van der Waals surface area contributed by atoms with Crippen molar-refractivity contribution in [2.75, 3.05) is 32.1 Å². The van der Waals surface area contributed by atoms with Crippen molar-refractivity contribution in [1.29, 1.82) is 0 Å². The zero-order valence-corrected chi connectivity index (χ0v) is 13.2. The lowest BCUT2D eigenvalue weighted by Crippen LogP contribution is -2.31. The first kappa shape index (κ1) is 15.5. The second-order valence-corrected chi connectivity index (χ2v) is 5.73. The topological polar surface area (TPSA) is 54.5 Å². The second kappa shape index (κ2) is 7.24. The molecule has 3 rings (SSSR count).